The van der Waals surface area contributed by atoms with Crippen LogP contribution in [0.15, 0.2) is 66.9 Å². The number of aliphatic hydroxyl groups is 1. The van der Waals surface area contributed by atoms with Gasteiger partial charge in [-0.15, -0.1) is 0 Å². The number of carbonyl (C=O) groups is 3. The molecule has 14 nitrogen and oxygen atoms in total. The van der Waals surface area contributed by atoms with Crippen LogP contribution in [0.25, 0.3) is 22.2 Å². The molecule has 2 amide bonds. The maximum atomic E-state index is 14.4. The van der Waals surface area contributed by atoms with Crippen molar-refractivity contribution in [3.05, 3.63) is 83.7 Å². The number of morpholine rings is 1. The number of aliphatic carboxylic acids is 1. The van der Waals surface area contributed by atoms with E-state index in [1.54, 1.807) is 61.7 Å². The van der Waals surface area contributed by atoms with Crippen LogP contribution < -0.4 is 15.6 Å². The Morgan fingerprint density at radius 1 is 1.08 bits per heavy atom. The number of alkyl carbamates (subject to hydrolysis) is 1. The number of benzene rings is 2. The predicted molar refractivity (Wildman–Crippen MR) is 217 cm³/mol. The number of pyridine rings is 1. The topological polar surface area (TPSA) is 168 Å². The second-order valence-electron chi connectivity index (χ2n) is 16.1. The Morgan fingerprint density at radius 2 is 1.85 bits per heavy atom. The second kappa shape index (κ2) is 19.0. The lowest BCUT2D eigenvalue weighted by atomic mass is 9.84. The van der Waals surface area contributed by atoms with Gasteiger partial charge in [-0.3, -0.25) is 19.6 Å². The molecule has 4 atom stereocenters. The zero-order valence-electron chi connectivity index (χ0n) is 34.2. The van der Waals surface area contributed by atoms with E-state index in [1.165, 1.54) is 16.7 Å². The number of carbonyl (C=O) groups excluding carboxylic acids is 2. The van der Waals surface area contributed by atoms with Crippen LogP contribution in [0.3, 0.4) is 0 Å². The summed E-state index contributed by atoms with van der Waals surface area (Å²) in [7, 11) is 1.51. The normalized spacial score (nSPS) is 18.6. The first-order valence-electron chi connectivity index (χ1n) is 20.0. The van der Waals surface area contributed by atoms with Gasteiger partial charge in [0.1, 0.15) is 25.2 Å². The number of carboxylic acids is 1. The lowest BCUT2D eigenvalue weighted by molar-refractivity contribution is -0.148. The zero-order valence-corrected chi connectivity index (χ0v) is 34.2. The first kappa shape index (κ1) is 44.3. The molecule has 4 aromatic rings. The number of nitrogens with one attached hydrogen (secondary N) is 2. The molecule has 0 radical (unpaired) electrons. The number of rotatable bonds is 15. The van der Waals surface area contributed by atoms with Gasteiger partial charge in [-0.2, -0.15) is 13.2 Å². The average Bonchev–Trinajstić information content (AvgIpc) is 3.52. The molecule has 324 valence electrons. The summed E-state index contributed by atoms with van der Waals surface area (Å²) in [6, 6.07) is 15.6. The number of carboxylic acid groups (broad SMARTS) is 1. The highest BCUT2D eigenvalue weighted by molar-refractivity contribution is 5.95. The van der Waals surface area contributed by atoms with E-state index in [2.05, 4.69) is 15.7 Å². The molecule has 2 aliphatic rings. The van der Waals surface area contributed by atoms with Gasteiger partial charge in [-0.25, -0.2) is 10.2 Å². The van der Waals surface area contributed by atoms with Crippen molar-refractivity contribution < 1.29 is 52.0 Å². The van der Waals surface area contributed by atoms with E-state index >= 15 is 0 Å². The average molecular weight is 839 g/mol. The smallest absolute Gasteiger partial charge is 0.408 e. The van der Waals surface area contributed by atoms with Crippen molar-refractivity contribution in [2.75, 3.05) is 44.9 Å². The third-order valence-corrected chi connectivity index (χ3v) is 11.0. The number of hydrogen-bond acceptors (Lipinski definition) is 10. The largest absolute Gasteiger partial charge is 0.480 e. The molecule has 0 saturated carbocycles. The summed E-state index contributed by atoms with van der Waals surface area (Å²) in [6.07, 6.45) is -3.94. The van der Waals surface area contributed by atoms with E-state index < -0.39 is 60.4 Å². The highest BCUT2D eigenvalue weighted by Crippen LogP contribution is 2.42. The molecule has 0 bridgehead atoms. The summed E-state index contributed by atoms with van der Waals surface area (Å²) in [4.78, 5) is 45.4. The Kier molecular flexibility index (Phi) is 14.0. The van der Waals surface area contributed by atoms with Crippen LogP contribution in [0.4, 0.5) is 23.7 Å². The SMILES string of the molecule is CO[C@@H](C)c1ncccc1-c1c(CC(C)(C)CO)c2cc(N3CCO[C@@H](C[C@H](NC(=O)OCc4ccccc4)C(=O)N4CCC[C@@H](C(=O)O)N4)C3)ccc2n1CC(F)(F)F. The Bertz CT molecular complexity index is 2130. The molecule has 0 spiro atoms. The second-order valence-corrected chi connectivity index (χ2v) is 16.1. The van der Waals surface area contributed by atoms with Gasteiger partial charge in [-0.05, 0) is 73.1 Å². The van der Waals surface area contributed by atoms with Crippen LogP contribution in [0.2, 0.25) is 0 Å². The van der Waals surface area contributed by atoms with Gasteiger partial charge in [0.25, 0.3) is 5.91 Å². The summed E-state index contributed by atoms with van der Waals surface area (Å²) in [5.74, 6) is -1.65. The quantitative estimate of drug-likeness (QED) is 0.111. The zero-order chi connectivity index (χ0) is 43.2. The van der Waals surface area contributed by atoms with Crippen LogP contribution in [-0.4, -0.2) is 107 Å². The number of amides is 2. The highest BCUT2D eigenvalue weighted by Gasteiger charge is 2.37. The van der Waals surface area contributed by atoms with E-state index in [4.69, 9.17) is 14.2 Å². The van der Waals surface area contributed by atoms with Crippen molar-refractivity contribution in [2.24, 2.45) is 5.41 Å². The summed E-state index contributed by atoms with van der Waals surface area (Å²) in [5, 5.41) is 24.5. The van der Waals surface area contributed by atoms with Gasteiger partial charge < -0.3 is 39.2 Å². The molecule has 4 N–H and O–H groups in total. The maximum Gasteiger partial charge on any atom is 0.408 e. The van der Waals surface area contributed by atoms with E-state index in [1.807, 2.05) is 30.9 Å². The molecule has 17 heteroatoms. The van der Waals surface area contributed by atoms with Crippen molar-refractivity contribution >= 4 is 34.6 Å². The minimum atomic E-state index is -4.57. The number of methoxy groups -OCH3 is 1. The van der Waals surface area contributed by atoms with Crippen molar-refractivity contribution in [3.8, 4) is 11.3 Å². The molecular formula is C43H53F3N6O8. The molecule has 6 rings (SSSR count). The molecular weight excluding hydrogens is 786 g/mol. The number of hydrogen-bond donors (Lipinski definition) is 4. The number of alkyl halides is 3. The Balaban J connectivity index is 1.33. The number of nitrogens with zero attached hydrogens (tertiary/aromatic N) is 4. The van der Waals surface area contributed by atoms with Gasteiger partial charge in [0.2, 0.25) is 0 Å². The Hall–Kier alpha value is -5.23. The molecule has 4 heterocycles. The fourth-order valence-corrected chi connectivity index (χ4v) is 7.83. The molecule has 2 saturated heterocycles. The number of hydrazine groups is 1. The van der Waals surface area contributed by atoms with E-state index in [0.29, 0.717) is 58.5 Å². The molecule has 60 heavy (non-hydrogen) atoms. The minimum absolute atomic E-state index is 0.0114. The first-order chi connectivity index (χ1) is 28.6. The number of fused-ring (bicyclic) bond motifs is 1. The summed E-state index contributed by atoms with van der Waals surface area (Å²) >= 11 is 0. The van der Waals surface area contributed by atoms with Gasteiger partial charge >= 0.3 is 18.2 Å². The third kappa shape index (κ3) is 10.7. The maximum absolute atomic E-state index is 14.4. The number of ether oxygens (including phenoxy) is 3. The number of halogens is 3. The first-order valence-corrected chi connectivity index (χ1v) is 20.0. The minimum Gasteiger partial charge on any atom is -0.480 e. The van der Waals surface area contributed by atoms with Gasteiger partial charge in [-0.1, -0.05) is 44.2 Å². The Labute approximate surface area is 346 Å². The van der Waals surface area contributed by atoms with Gasteiger partial charge in [0, 0.05) is 68.1 Å². The van der Waals surface area contributed by atoms with Crippen LogP contribution in [0.1, 0.15) is 63.0 Å². The summed E-state index contributed by atoms with van der Waals surface area (Å²) in [6.45, 7) is 5.13. The number of anilines is 1. The van der Waals surface area contributed by atoms with E-state index in [0.717, 1.165) is 5.56 Å². The van der Waals surface area contributed by atoms with Gasteiger partial charge in [0.05, 0.1) is 30.2 Å². The summed E-state index contributed by atoms with van der Waals surface area (Å²) < 4.78 is 61.8. The fraction of sp³-hybridized carbons (Fsp3) is 0.488. The summed E-state index contributed by atoms with van der Waals surface area (Å²) in [5.41, 5.74) is 5.80. The molecule has 0 unspecified atom stereocenters. The van der Waals surface area contributed by atoms with Crippen LogP contribution in [-0.2, 0) is 43.4 Å². The monoisotopic (exact) mass is 838 g/mol. The van der Waals surface area contributed by atoms with Crippen molar-refractivity contribution in [3.63, 3.8) is 0 Å². The van der Waals surface area contributed by atoms with Crippen molar-refractivity contribution in [1.29, 1.82) is 0 Å². The lowest BCUT2D eigenvalue weighted by Crippen LogP contribution is -2.60. The molecule has 2 fully saturated rings. The fourth-order valence-electron chi connectivity index (χ4n) is 7.83. The van der Waals surface area contributed by atoms with Crippen LogP contribution >= 0.6 is 0 Å². The number of aromatic nitrogens is 2. The number of aliphatic hydroxyl groups excluding tert-OH is 1. The highest BCUT2D eigenvalue weighted by atomic mass is 19.4. The van der Waals surface area contributed by atoms with E-state index in [-0.39, 0.29) is 45.8 Å². The standard InChI is InChI=1S/C43H53F3N6O8/c1-27(58-4)37-31(12-8-16-47-37)38-33(22-42(2,3)26-53)32-20-29(14-15-36(32)51(38)25-43(44,45)46)50-18-19-59-30(23-50)21-35(39(54)52-17-9-13-34(49-52)40(55)56)48-41(57)60-24-28-10-6-5-7-11-28/h5-8,10-12,14-16,20,27,30,34-35,49,53H,9,13,17-19,21-26H2,1-4H3,(H,48,57)(H,55,56)/t27-,30-,34-,35-/m0/s1. The lowest BCUT2D eigenvalue weighted by Gasteiger charge is -2.38. The van der Waals surface area contributed by atoms with Crippen molar-refractivity contribution in [2.45, 2.75) is 90.1 Å². The molecule has 2 aromatic carbocycles. The molecule has 0 aliphatic carbocycles. The van der Waals surface area contributed by atoms with Crippen LogP contribution in [0.5, 0.6) is 0 Å². The van der Waals surface area contributed by atoms with Gasteiger partial charge in [0.15, 0.2) is 0 Å². The predicted octanol–water partition coefficient (Wildman–Crippen LogP) is 6.00. The molecule has 2 aliphatic heterocycles. The third-order valence-electron chi connectivity index (χ3n) is 11.0. The Morgan fingerprint density at radius 3 is 2.55 bits per heavy atom. The van der Waals surface area contributed by atoms with Crippen LogP contribution in [0, 0.1) is 5.41 Å². The molecule has 2 aromatic heterocycles. The van der Waals surface area contributed by atoms with Crippen molar-refractivity contribution in [1.82, 2.24) is 25.3 Å². The van der Waals surface area contributed by atoms with E-state index in [9.17, 15) is 37.8 Å².